The smallest absolute Gasteiger partial charge is 0.0725 e. The Balaban J connectivity index is 0.902. The zero-order valence-electron chi connectivity index (χ0n) is 41.4. The van der Waals surface area contributed by atoms with E-state index < -0.39 is 5.41 Å². The Kier molecular flexibility index (Phi) is 9.45. The van der Waals surface area contributed by atoms with Crippen molar-refractivity contribution < 1.29 is 0 Å². The fraction of sp³-hybridized carbons (Fsp3) is 0.0137. The SMILES string of the molecule is c1ccc(-c2ccc(N(c3ccc(-c4ccc5c(c4)c4ccccc4n5-c4ccccc4)cc3)c3ccc4c(c3)-c3ccccc3-c3ccccc3C43c4ccccc4-c4cc5sc6ccccc6c5cc43)cc2)cc1. The van der Waals surface area contributed by atoms with Gasteiger partial charge in [-0.25, -0.2) is 0 Å². The van der Waals surface area contributed by atoms with Crippen LogP contribution < -0.4 is 4.90 Å². The van der Waals surface area contributed by atoms with E-state index in [9.17, 15) is 0 Å². The molecule has 1 atom stereocenters. The Morgan fingerprint density at radius 1 is 0.276 bits per heavy atom. The van der Waals surface area contributed by atoms with Gasteiger partial charge in [-0.05, 0) is 163 Å². The molecule has 2 nitrogen and oxygen atoms in total. The van der Waals surface area contributed by atoms with Gasteiger partial charge in [-0.15, -0.1) is 11.3 Å². The lowest BCUT2D eigenvalue weighted by atomic mass is 9.65. The van der Waals surface area contributed by atoms with Gasteiger partial charge in [0.2, 0.25) is 0 Å². The van der Waals surface area contributed by atoms with Crippen LogP contribution in [0.3, 0.4) is 0 Å². The van der Waals surface area contributed by atoms with Crippen LogP contribution in [-0.4, -0.2) is 4.57 Å². The summed E-state index contributed by atoms with van der Waals surface area (Å²) in [6.45, 7) is 0. The molecule has 0 aliphatic heterocycles. The molecule has 0 bridgehead atoms. The lowest BCUT2D eigenvalue weighted by molar-refractivity contribution is 0.776. The highest BCUT2D eigenvalue weighted by Gasteiger charge is 2.50. The average molecular weight is 983 g/mol. The van der Waals surface area contributed by atoms with Gasteiger partial charge in [-0.1, -0.05) is 194 Å². The van der Waals surface area contributed by atoms with Crippen molar-refractivity contribution in [2.75, 3.05) is 4.90 Å². The Hall–Kier alpha value is -9.54. The zero-order chi connectivity index (χ0) is 49.9. The molecule has 0 amide bonds. The second kappa shape index (κ2) is 16.7. The first-order valence-electron chi connectivity index (χ1n) is 26.2. The van der Waals surface area contributed by atoms with E-state index in [-0.39, 0.29) is 0 Å². The lowest BCUT2D eigenvalue weighted by Gasteiger charge is -2.36. The first kappa shape index (κ1) is 42.9. The van der Waals surface area contributed by atoms with E-state index in [1.54, 1.807) is 0 Å². The standard InChI is InChI=1S/C73H46N2S/c1-3-17-47(18-4-1)48-31-36-52(37-32-48)74(53-38-33-49(34-39-53)50-35-42-70-63(43-50)59-25-11-15-29-69(59)75(70)51-19-5-2-6-20-51)54-40-41-67-61(44-54)56-22-8-7-21-55(56)57-23-9-13-27-65(57)73(67)66-28-14-10-24-58(66)62-46-72-64(45-68(62)73)60-26-12-16-30-71(60)76-72/h1-46H. The second-order valence-corrected chi connectivity index (χ2v) is 21.4. The highest BCUT2D eigenvalue weighted by molar-refractivity contribution is 7.25. The summed E-state index contributed by atoms with van der Waals surface area (Å²) < 4.78 is 5.02. The van der Waals surface area contributed by atoms with E-state index in [1.165, 1.54) is 120 Å². The molecule has 3 heteroatoms. The minimum Gasteiger partial charge on any atom is -0.310 e. The normalized spacial score (nSPS) is 14.1. The van der Waals surface area contributed by atoms with E-state index in [0.29, 0.717) is 0 Å². The topological polar surface area (TPSA) is 8.17 Å². The third kappa shape index (κ3) is 6.27. The number of rotatable bonds is 6. The highest BCUT2D eigenvalue weighted by atomic mass is 32.1. The fourth-order valence-corrected chi connectivity index (χ4v) is 14.3. The first-order valence-corrected chi connectivity index (χ1v) is 27.0. The summed E-state index contributed by atoms with van der Waals surface area (Å²) in [5, 5.41) is 5.12. The highest BCUT2D eigenvalue weighted by Crippen LogP contribution is 2.63. The molecule has 16 rings (SSSR count). The summed E-state index contributed by atoms with van der Waals surface area (Å²) >= 11 is 1.90. The van der Waals surface area contributed by atoms with Gasteiger partial charge >= 0.3 is 0 Å². The number of nitrogens with zero attached hydrogens (tertiary/aromatic N) is 2. The van der Waals surface area contributed by atoms with Gasteiger partial charge in [0, 0.05) is 53.7 Å². The Morgan fingerprint density at radius 3 is 1.50 bits per heavy atom. The van der Waals surface area contributed by atoms with Crippen molar-refractivity contribution >= 4 is 70.4 Å². The molecule has 0 saturated heterocycles. The molecule has 0 saturated carbocycles. The molecule has 12 aromatic carbocycles. The maximum absolute atomic E-state index is 2.55. The monoisotopic (exact) mass is 982 g/mol. The maximum Gasteiger partial charge on any atom is 0.0725 e. The van der Waals surface area contributed by atoms with Crippen molar-refractivity contribution in [3.63, 3.8) is 0 Å². The Bertz CT molecular complexity index is 4620. The number of thiophene rings is 1. The predicted molar refractivity (Wildman–Crippen MR) is 321 cm³/mol. The van der Waals surface area contributed by atoms with Crippen LogP contribution in [0.15, 0.2) is 279 Å². The molecular weight excluding hydrogens is 937 g/mol. The molecule has 2 aliphatic carbocycles. The predicted octanol–water partition coefficient (Wildman–Crippen LogP) is 20.0. The summed E-state index contributed by atoms with van der Waals surface area (Å²) in [5.41, 5.74) is 23.8. The number of hydrogen-bond acceptors (Lipinski definition) is 2. The van der Waals surface area contributed by atoms with Crippen LogP contribution in [0.2, 0.25) is 0 Å². The van der Waals surface area contributed by atoms with Crippen LogP contribution in [0, 0.1) is 0 Å². The molecular formula is C73H46N2S. The number of anilines is 3. The van der Waals surface area contributed by atoms with Crippen molar-refractivity contribution in [1.29, 1.82) is 0 Å². The molecule has 0 N–H and O–H groups in total. The minimum absolute atomic E-state index is 0.606. The van der Waals surface area contributed by atoms with Crippen LogP contribution in [0.4, 0.5) is 17.1 Å². The molecule has 2 aromatic heterocycles. The Labute approximate surface area is 445 Å². The third-order valence-electron chi connectivity index (χ3n) is 16.4. The van der Waals surface area contributed by atoms with E-state index in [2.05, 4.69) is 289 Å². The van der Waals surface area contributed by atoms with E-state index in [0.717, 1.165) is 22.7 Å². The summed E-state index contributed by atoms with van der Waals surface area (Å²) in [6.07, 6.45) is 0. The molecule has 2 aliphatic rings. The maximum atomic E-state index is 2.55. The van der Waals surface area contributed by atoms with Gasteiger partial charge in [0.05, 0.1) is 16.4 Å². The zero-order valence-corrected chi connectivity index (χ0v) is 42.2. The van der Waals surface area contributed by atoms with Crippen molar-refractivity contribution in [3.8, 4) is 61.3 Å². The van der Waals surface area contributed by atoms with Gasteiger partial charge in [-0.3, -0.25) is 0 Å². The largest absolute Gasteiger partial charge is 0.310 e. The van der Waals surface area contributed by atoms with Crippen molar-refractivity contribution in [2.24, 2.45) is 0 Å². The van der Waals surface area contributed by atoms with Gasteiger partial charge in [-0.2, -0.15) is 0 Å². The summed E-state index contributed by atoms with van der Waals surface area (Å²) in [7, 11) is 0. The summed E-state index contributed by atoms with van der Waals surface area (Å²) in [6, 6.07) is 104. The number of hydrogen-bond donors (Lipinski definition) is 0. The lowest BCUT2D eigenvalue weighted by Crippen LogP contribution is -2.29. The van der Waals surface area contributed by atoms with Gasteiger partial charge < -0.3 is 9.47 Å². The molecule has 354 valence electrons. The first-order chi connectivity index (χ1) is 37.7. The van der Waals surface area contributed by atoms with E-state index in [4.69, 9.17) is 0 Å². The molecule has 1 unspecified atom stereocenters. The van der Waals surface area contributed by atoms with E-state index >= 15 is 0 Å². The quantitative estimate of drug-likeness (QED) is 0.161. The van der Waals surface area contributed by atoms with Crippen LogP contribution in [0.5, 0.6) is 0 Å². The number of benzene rings is 12. The van der Waals surface area contributed by atoms with Crippen LogP contribution in [-0.2, 0) is 5.41 Å². The number of aromatic nitrogens is 1. The van der Waals surface area contributed by atoms with E-state index in [1.807, 2.05) is 11.3 Å². The molecule has 1 spiro atoms. The van der Waals surface area contributed by atoms with Crippen molar-refractivity contribution in [3.05, 3.63) is 301 Å². The average Bonchev–Trinajstić information content (AvgIpc) is 4.12. The van der Waals surface area contributed by atoms with Crippen LogP contribution in [0.25, 0.3) is 103 Å². The molecule has 76 heavy (non-hydrogen) atoms. The van der Waals surface area contributed by atoms with Gasteiger partial charge in [0.15, 0.2) is 0 Å². The van der Waals surface area contributed by atoms with Crippen molar-refractivity contribution in [2.45, 2.75) is 5.41 Å². The summed E-state index contributed by atoms with van der Waals surface area (Å²) in [4.78, 5) is 2.44. The van der Waals surface area contributed by atoms with Gasteiger partial charge in [0.1, 0.15) is 0 Å². The number of para-hydroxylation sites is 2. The van der Waals surface area contributed by atoms with Crippen molar-refractivity contribution in [1.82, 2.24) is 4.57 Å². The number of fused-ring (bicyclic) bond motifs is 18. The second-order valence-electron chi connectivity index (χ2n) is 20.3. The molecule has 14 aromatic rings. The van der Waals surface area contributed by atoms with Gasteiger partial charge in [0.25, 0.3) is 0 Å². The molecule has 0 radical (unpaired) electrons. The summed E-state index contributed by atoms with van der Waals surface area (Å²) in [5.74, 6) is 0. The van der Waals surface area contributed by atoms with Crippen LogP contribution >= 0.6 is 11.3 Å². The van der Waals surface area contributed by atoms with Crippen LogP contribution in [0.1, 0.15) is 22.3 Å². The third-order valence-corrected chi connectivity index (χ3v) is 17.6. The minimum atomic E-state index is -0.606. The molecule has 2 heterocycles. The molecule has 0 fully saturated rings. The fourth-order valence-electron chi connectivity index (χ4n) is 13.1. The Morgan fingerprint density at radius 2 is 0.776 bits per heavy atom.